The highest BCUT2D eigenvalue weighted by atomic mass is 16.5. The number of ether oxygens (including phenoxy) is 1. The first-order valence-corrected chi connectivity index (χ1v) is 6.18. The molecule has 0 saturated carbocycles. The molecule has 0 spiro atoms. The van der Waals surface area contributed by atoms with Crippen LogP contribution in [0.1, 0.15) is 16.7 Å². The fraction of sp³-hybridized carbons (Fsp3) is 0.111. The van der Waals surface area contributed by atoms with Crippen LogP contribution in [0.25, 0.3) is 0 Å². The third-order valence-electron chi connectivity index (χ3n) is 2.66. The average molecular weight is 262 g/mol. The Bertz CT molecular complexity index is 692. The van der Waals surface area contributed by atoms with E-state index in [2.05, 4.69) is 23.7 Å². The number of hydrogen-bond donors (Lipinski definition) is 1. The first-order chi connectivity index (χ1) is 9.83. The molecule has 0 atom stereocenters. The van der Waals surface area contributed by atoms with Crippen molar-refractivity contribution in [2.45, 2.75) is 0 Å². The van der Waals surface area contributed by atoms with Crippen molar-refractivity contribution in [3.8, 4) is 29.4 Å². The van der Waals surface area contributed by atoms with Crippen molar-refractivity contribution in [1.82, 2.24) is 0 Å². The second-order valence-corrected chi connectivity index (χ2v) is 3.98. The molecule has 2 rings (SSSR count). The molecule has 1 N–H and O–H groups in total. The number of methoxy groups -OCH3 is 1. The Morgan fingerprint density at radius 3 is 2.15 bits per heavy atom. The van der Waals surface area contributed by atoms with Crippen LogP contribution >= 0.6 is 0 Å². The van der Waals surface area contributed by atoms with Crippen molar-refractivity contribution >= 4 is 0 Å². The van der Waals surface area contributed by atoms with Gasteiger partial charge in [-0.2, -0.15) is 0 Å². The Balaban J connectivity index is 2.28. The number of aliphatic hydroxyl groups excluding tert-OH is 1. The third-order valence-corrected chi connectivity index (χ3v) is 2.66. The summed E-state index contributed by atoms with van der Waals surface area (Å²) < 4.78 is 5.11. The summed E-state index contributed by atoms with van der Waals surface area (Å²) in [7, 11) is 1.64. The lowest BCUT2D eigenvalue weighted by Gasteiger charge is -1.98. The van der Waals surface area contributed by atoms with Gasteiger partial charge < -0.3 is 9.84 Å². The van der Waals surface area contributed by atoms with Crippen LogP contribution in [0.15, 0.2) is 48.5 Å². The van der Waals surface area contributed by atoms with Crippen LogP contribution in [0.3, 0.4) is 0 Å². The van der Waals surface area contributed by atoms with Crippen LogP contribution in [0.2, 0.25) is 0 Å². The van der Waals surface area contributed by atoms with Gasteiger partial charge in [0.25, 0.3) is 0 Å². The highest BCUT2D eigenvalue weighted by molar-refractivity contribution is 5.52. The normalized spacial score (nSPS) is 8.90. The van der Waals surface area contributed by atoms with Crippen LogP contribution in [0.5, 0.6) is 5.75 Å². The summed E-state index contributed by atoms with van der Waals surface area (Å²) in [4.78, 5) is 0. The first-order valence-electron chi connectivity index (χ1n) is 6.18. The molecular formula is C18H14O2. The quantitative estimate of drug-likeness (QED) is 0.800. The van der Waals surface area contributed by atoms with E-state index in [0.29, 0.717) is 0 Å². The van der Waals surface area contributed by atoms with Crippen molar-refractivity contribution in [2.75, 3.05) is 13.7 Å². The van der Waals surface area contributed by atoms with Crippen LogP contribution in [0, 0.1) is 23.7 Å². The summed E-state index contributed by atoms with van der Waals surface area (Å²) in [5.41, 5.74) is 2.59. The monoisotopic (exact) mass is 262 g/mol. The van der Waals surface area contributed by atoms with Crippen LogP contribution in [-0.2, 0) is 0 Å². The molecule has 20 heavy (non-hydrogen) atoms. The number of rotatable bonds is 1. The maximum Gasteiger partial charge on any atom is 0.118 e. The summed E-state index contributed by atoms with van der Waals surface area (Å²) >= 11 is 0. The smallest absolute Gasteiger partial charge is 0.118 e. The molecule has 0 fully saturated rings. The summed E-state index contributed by atoms with van der Waals surface area (Å²) in [6, 6.07) is 15.2. The standard InChI is InChI=1S/C18H14O2/c1-20-18-12-9-15(10-13-18)8-11-17-6-3-2-5-16(17)7-4-14-19/h2-3,5-6,9-10,12-13,19H,14H2,1H3. The van der Waals surface area contributed by atoms with Crippen molar-refractivity contribution in [2.24, 2.45) is 0 Å². The molecule has 0 unspecified atom stereocenters. The fourth-order valence-corrected chi connectivity index (χ4v) is 1.65. The van der Waals surface area contributed by atoms with Gasteiger partial charge in [-0.3, -0.25) is 0 Å². The van der Waals surface area contributed by atoms with Crippen molar-refractivity contribution in [3.63, 3.8) is 0 Å². The second-order valence-electron chi connectivity index (χ2n) is 3.98. The van der Waals surface area contributed by atoms with Gasteiger partial charge in [-0.25, -0.2) is 0 Å². The Labute approximate surface area is 119 Å². The van der Waals surface area contributed by atoms with Gasteiger partial charge in [0.15, 0.2) is 0 Å². The molecule has 0 amide bonds. The van der Waals surface area contributed by atoms with Crippen molar-refractivity contribution < 1.29 is 9.84 Å². The highest BCUT2D eigenvalue weighted by Gasteiger charge is 1.95. The first kappa shape index (κ1) is 13.7. The molecule has 98 valence electrons. The lowest BCUT2D eigenvalue weighted by molar-refractivity contribution is 0.350. The maximum absolute atomic E-state index is 8.75. The van der Waals surface area contributed by atoms with Gasteiger partial charge in [-0.1, -0.05) is 35.8 Å². The van der Waals surface area contributed by atoms with Gasteiger partial charge in [-0.05, 0) is 36.4 Å². The topological polar surface area (TPSA) is 29.5 Å². The van der Waals surface area contributed by atoms with E-state index in [9.17, 15) is 0 Å². The summed E-state index contributed by atoms with van der Waals surface area (Å²) in [6.07, 6.45) is 0. The number of hydrogen-bond acceptors (Lipinski definition) is 2. The zero-order chi connectivity index (χ0) is 14.2. The number of aliphatic hydroxyl groups is 1. The lowest BCUT2D eigenvalue weighted by atomic mass is 10.1. The van der Waals surface area contributed by atoms with Gasteiger partial charge >= 0.3 is 0 Å². The van der Waals surface area contributed by atoms with E-state index in [0.717, 1.165) is 22.4 Å². The zero-order valence-electron chi connectivity index (χ0n) is 11.2. The van der Waals surface area contributed by atoms with Gasteiger partial charge in [0.1, 0.15) is 12.4 Å². The molecular weight excluding hydrogens is 248 g/mol. The molecule has 2 heteroatoms. The van der Waals surface area contributed by atoms with E-state index in [1.165, 1.54) is 0 Å². The Kier molecular flexibility index (Phi) is 4.84. The van der Waals surface area contributed by atoms with E-state index in [1.807, 2.05) is 48.5 Å². The minimum atomic E-state index is -0.153. The van der Waals surface area contributed by atoms with E-state index in [-0.39, 0.29) is 6.61 Å². The summed E-state index contributed by atoms with van der Waals surface area (Å²) in [5, 5.41) is 8.75. The van der Waals surface area contributed by atoms with Gasteiger partial charge in [0, 0.05) is 16.7 Å². The molecule has 2 aromatic carbocycles. The van der Waals surface area contributed by atoms with Gasteiger partial charge in [0.2, 0.25) is 0 Å². The Morgan fingerprint density at radius 2 is 1.55 bits per heavy atom. The van der Waals surface area contributed by atoms with Crippen LogP contribution in [0.4, 0.5) is 0 Å². The molecule has 0 aliphatic heterocycles. The molecule has 0 aliphatic rings. The van der Waals surface area contributed by atoms with Gasteiger partial charge in [-0.15, -0.1) is 0 Å². The fourth-order valence-electron chi connectivity index (χ4n) is 1.65. The second kappa shape index (κ2) is 7.04. The SMILES string of the molecule is COc1ccc(C#Cc2ccccc2C#CCO)cc1. The van der Waals surface area contributed by atoms with E-state index >= 15 is 0 Å². The van der Waals surface area contributed by atoms with Crippen LogP contribution < -0.4 is 4.74 Å². The van der Waals surface area contributed by atoms with E-state index in [4.69, 9.17) is 9.84 Å². The molecule has 0 aliphatic carbocycles. The van der Waals surface area contributed by atoms with Crippen LogP contribution in [-0.4, -0.2) is 18.8 Å². The summed E-state index contributed by atoms with van der Waals surface area (Å²) in [6.45, 7) is -0.153. The predicted molar refractivity (Wildman–Crippen MR) is 79.4 cm³/mol. The third kappa shape index (κ3) is 3.65. The molecule has 2 nitrogen and oxygen atoms in total. The maximum atomic E-state index is 8.75. The molecule has 0 aromatic heterocycles. The minimum Gasteiger partial charge on any atom is -0.497 e. The Hall–Kier alpha value is -2.68. The highest BCUT2D eigenvalue weighted by Crippen LogP contribution is 2.11. The summed E-state index contributed by atoms with van der Waals surface area (Å²) in [5.74, 6) is 12.5. The van der Waals surface area contributed by atoms with Gasteiger partial charge in [0.05, 0.1) is 7.11 Å². The molecule has 2 aromatic rings. The lowest BCUT2D eigenvalue weighted by Crippen LogP contribution is -1.84. The Morgan fingerprint density at radius 1 is 0.900 bits per heavy atom. The largest absolute Gasteiger partial charge is 0.497 e. The molecule has 0 radical (unpaired) electrons. The minimum absolute atomic E-state index is 0.153. The molecule has 0 bridgehead atoms. The predicted octanol–water partition coefficient (Wildman–Crippen LogP) is 2.44. The molecule has 0 heterocycles. The number of benzene rings is 2. The molecule has 0 saturated heterocycles. The van der Waals surface area contributed by atoms with Crippen molar-refractivity contribution in [3.05, 3.63) is 65.2 Å². The average Bonchev–Trinajstić information content (AvgIpc) is 2.52. The van der Waals surface area contributed by atoms with E-state index in [1.54, 1.807) is 7.11 Å². The zero-order valence-corrected chi connectivity index (χ0v) is 11.2. The van der Waals surface area contributed by atoms with E-state index < -0.39 is 0 Å². The van der Waals surface area contributed by atoms with Crippen molar-refractivity contribution in [1.29, 1.82) is 0 Å².